The van der Waals surface area contributed by atoms with Crippen LogP contribution in [0.2, 0.25) is 0 Å². The van der Waals surface area contributed by atoms with E-state index in [9.17, 15) is 4.79 Å². The van der Waals surface area contributed by atoms with Crippen molar-refractivity contribution in [3.05, 3.63) is 106 Å². The van der Waals surface area contributed by atoms with Crippen LogP contribution < -0.4 is 10.1 Å². The topological polar surface area (TPSA) is 53.9 Å². The van der Waals surface area contributed by atoms with Crippen molar-refractivity contribution < 1.29 is 9.53 Å². The van der Waals surface area contributed by atoms with E-state index in [0.29, 0.717) is 4.91 Å². The number of nitrogens with one attached hydrogen (secondary N) is 1. The molecular weight excluding hydrogens is 454 g/mol. The number of hydrazone groups is 1. The van der Waals surface area contributed by atoms with Crippen LogP contribution in [-0.2, 0) is 10.2 Å². The molecule has 1 fully saturated rings. The van der Waals surface area contributed by atoms with Gasteiger partial charge in [-0.1, -0.05) is 93.6 Å². The number of hydrogen-bond donors (Lipinski definition) is 1. The van der Waals surface area contributed by atoms with Gasteiger partial charge in [-0.3, -0.25) is 10.1 Å². The molecule has 1 spiro atoms. The smallest absolute Gasteiger partial charge is 0.336 e. The van der Waals surface area contributed by atoms with E-state index in [-0.39, 0.29) is 17.4 Å². The number of rotatable bonds is 2. The lowest BCUT2D eigenvalue weighted by molar-refractivity contribution is -0.127. The summed E-state index contributed by atoms with van der Waals surface area (Å²) in [6, 6.07) is 26.6. The highest BCUT2D eigenvalue weighted by molar-refractivity contribution is 8.05. The van der Waals surface area contributed by atoms with E-state index in [1.54, 1.807) is 0 Å². The average molecular weight is 482 g/mol. The van der Waals surface area contributed by atoms with Crippen LogP contribution in [-0.4, -0.2) is 21.8 Å². The summed E-state index contributed by atoms with van der Waals surface area (Å²) in [6.45, 7) is 6.58. The summed E-state index contributed by atoms with van der Waals surface area (Å²) in [6.07, 6.45) is 2.67. The molecule has 0 aromatic heterocycles. The van der Waals surface area contributed by atoms with E-state index in [2.05, 4.69) is 68.6 Å². The molecule has 2 unspecified atom stereocenters. The van der Waals surface area contributed by atoms with E-state index in [4.69, 9.17) is 9.84 Å². The predicted octanol–water partition coefficient (Wildman–Crippen LogP) is 6.04. The molecule has 2 atom stereocenters. The second-order valence-corrected chi connectivity index (χ2v) is 11.3. The fourth-order valence-electron chi connectivity index (χ4n) is 4.78. The van der Waals surface area contributed by atoms with Gasteiger partial charge in [-0.25, -0.2) is 5.01 Å². The maximum absolute atomic E-state index is 13.2. The van der Waals surface area contributed by atoms with Crippen LogP contribution in [0.5, 0.6) is 5.75 Å². The highest BCUT2D eigenvalue weighted by Crippen LogP contribution is 2.53. The number of hydrogen-bond acceptors (Lipinski definition) is 5. The Bertz CT molecular complexity index is 1360. The first-order valence-corrected chi connectivity index (χ1v) is 12.7. The van der Waals surface area contributed by atoms with Gasteiger partial charge < -0.3 is 4.74 Å². The first-order valence-electron chi connectivity index (χ1n) is 11.9. The van der Waals surface area contributed by atoms with Crippen LogP contribution in [0.3, 0.4) is 0 Å². The van der Waals surface area contributed by atoms with Gasteiger partial charge in [0.1, 0.15) is 5.75 Å². The zero-order valence-electron chi connectivity index (χ0n) is 20.0. The molecule has 0 bridgehead atoms. The number of ether oxygens (including phenoxy) is 1. The molecule has 1 amide bonds. The summed E-state index contributed by atoms with van der Waals surface area (Å²) in [5.74, 6) is 0.623. The lowest BCUT2D eigenvalue weighted by Crippen LogP contribution is -2.58. The molecule has 0 radical (unpaired) electrons. The molecule has 176 valence electrons. The van der Waals surface area contributed by atoms with Crippen molar-refractivity contribution >= 4 is 29.5 Å². The van der Waals surface area contributed by atoms with Gasteiger partial charge in [-0.05, 0) is 46.0 Å². The van der Waals surface area contributed by atoms with E-state index in [0.717, 1.165) is 34.6 Å². The van der Waals surface area contributed by atoms with Crippen molar-refractivity contribution in [2.24, 2.45) is 5.10 Å². The Kier molecular flexibility index (Phi) is 5.04. The quantitative estimate of drug-likeness (QED) is 0.453. The third-order valence-electron chi connectivity index (χ3n) is 6.66. The van der Waals surface area contributed by atoms with Gasteiger partial charge in [0, 0.05) is 12.0 Å². The molecular formula is C29H27N3O2S. The summed E-state index contributed by atoms with van der Waals surface area (Å²) < 4.78 is 6.49. The Labute approximate surface area is 209 Å². The number of nitrogens with zero attached hydrogens (tertiary/aromatic N) is 2. The highest BCUT2D eigenvalue weighted by atomic mass is 32.2. The summed E-state index contributed by atoms with van der Waals surface area (Å²) in [5, 5.41) is 8.92. The SMILES string of the molecule is CC(C)(C)c1ccc(/C=C2\SC3(NC2=O)Oc2ccccc2C2CC(c4ccccc4)=NN23)cc1. The van der Waals surface area contributed by atoms with Crippen LogP contribution in [0.15, 0.2) is 88.9 Å². The maximum atomic E-state index is 13.2. The first kappa shape index (κ1) is 22.0. The normalized spacial score (nSPS) is 24.1. The van der Waals surface area contributed by atoms with Crippen LogP contribution in [0.4, 0.5) is 0 Å². The van der Waals surface area contributed by atoms with Crippen LogP contribution in [0.1, 0.15) is 55.5 Å². The van der Waals surface area contributed by atoms with Crippen molar-refractivity contribution in [1.29, 1.82) is 0 Å². The number of para-hydroxylation sites is 1. The van der Waals surface area contributed by atoms with Gasteiger partial charge in [0.2, 0.25) is 0 Å². The minimum atomic E-state index is -1.12. The lowest BCUT2D eigenvalue weighted by atomic mass is 9.87. The zero-order chi connectivity index (χ0) is 24.2. The molecule has 3 heterocycles. The zero-order valence-corrected chi connectivity index (χ0v) is 20.8. The minimum absolute atomic E-state index is 0.0200. The van der Waals surface area contributed by atoms with Gasteiger partial charge in [-0.2, -0.15) is 5.10 Å². The molecule has 0 saturated carbocycles. The van der Waals surface area contributed by atoms with Gasteiger partial charge in [0.25, 0.3) is 5.91 Å². The molecule has 6 heteroatoms. The molecule has 3 aromatic rings. The Morgan fingerprint density at radius 1 is 1.03 bits per heavy atom. The fourth-order valence-corrected chi connectivity index (χ4v) is 5.95. The van der Waals surface area contributed by atoms with Crippen LogP contribution in [0, 0.1) is 0 Å². The second kappa shape index (κ2) is 8.02. The van der Waals surface area contributed by atoms with Crippen molar-refractivity contribution in [2.45, 2.75) is 43.8 Å². The van der Waals surface area contributed by atoms with Crippen molar-refractivity contribution in [3.63, 3.8) is 0 Å². The van der Waals surface area contributed by atoms with E-state index in [1.807, 2.05) is 47.5 Å². The number of carbonyl (C=O) groups is 1. The Morgan fingerprint density at radius 3 is 2.49 bits per heavy atom. The molecule has 35 heavy (non-hydrogen) atoms. The molecule has 5 nitrogen and oxygen atoms in total. The number of amides is 1. The molecule has 0 aliphatic carbocycles. The molecule has 6 rings (SSSR count). The van der Waals surface area contributed by atoms with Gasteiger partial charge in [-0.15, -0.1) is 0 Å². The van der Waals surface area contributed by atoms with Crippen LogP contribution in [0.25, 0.3) is 6.08 Å². The predicted molar refractivity (Wildman–Crippen MR) is 141 cm³/mol. The first-order chi connectivity index (χ1) is 16.8. The van der Waals surface area contributed by atoms with Gasteiger partial charge in [0.15, 0.2) is 0 Å². The molecule has 3 aliphatic rings. The van der Waals surface area contributed by atoms with Crippen LogP contribution >= 0.6 is 11.8 Å². The van der Waals surface area contributed by atoms with Crippen molar-refractivity contribution in [2.75, 3.05) is 0 Å². The largest absolute Gasteiger partial charge is 0.439 e. The number of fused-ring (bicyclic) bond motifs is 4. The standard InChI is InChI=1S/C29H27N3O2S/c1-28(2,3)21-15-13-19(14-16-21)17-26-27(33)30-29(35-26)32-24(22-11-7-8-12-25(22)34-29)18-23(31-32)20-9-5-4-6-10-20/h4-17,24H,18H2,1-3H3,(H,30,33)/b26-17-. The summed E-state index contributed by atoms with van der Waals surface area (Å²) in [4.78, 5) is 13.8. The Hall–Kier alpha value is -3.51. The number of benzene rings is 3. The summed E-state index contributed by atoms with van der Waals surface area (Å²) in [7, 11) is 0. The molecule has 3 aromatic carbocycles. The van der Waals surface area contributed by atoms with Crippen molar-refractivity contribution in [1.82, 2.24) is 10.3 Å². The molecule has 1 saturated heterocycles. The van der Waals surface area contributed by atoms with Gasteiger partial charge in [0.05, 0.1) is 16.7 Å². The number of carbonyl (C=O) groups excluding carboxylic acids is 1. The Morgan fingerprint density at radius 2 is 1.74 bits per heavy atom. The maximum Gasteiger partial charge on any atom is 0.336 e. The molecule has 1 N–H and O–H groups in total. The highest BCUT2D eigenvalue weighted by Gasteiger charge is 2.57. The summed E-state index contributed by atoms with van der Waals surface area (Å²) in [5.41, 5.74) is 5.47. The Balaban J connectivity index is 1.37. The third-order valence-corrected chi connectivity index (χ3v) is 7.84. The van der Waals surface area contributed by atoms with Gasteiger partial charge >= 0.3 is 5.18 Å². The summed E-state index contributed by atoms with van der Waals surface area (Å²) >= 11 is 1.38. The van der Waals surface area contributed by atoms with E-state index in [1.165, 1.54) is 17.3 Å². The lowest BCUT2D eigenvalue weighted by Gasteiger charge is -2.43. The average Bonchev–Trinajstić information content (AvgIpc) is 3.43. The van der Waals surface area contributed by atoms with E-state index >= 15 is 0 Å². The number of thioether (sulfide) groups is 1. The fraction of sp³-hybridized carbons (Fsp3) is 0.241. The minimum Gasteiger partial charge on any atom is -0.439 e. The van der Waals surface area contributed by atoms with Crippen molar-refractivity contribution in [3.8, 4) is 5.75 Å². The second-order valence-electron chi connectivity index (χ2n) is 10.1. The monoisotopic (exact) mass is 481 g/mol. The third kappa shape index (κ3) is 3.82. The van der Waals surface area contributed by atoms with E-state index < -0.39 is 5.18 Å². The molecule has 3 aliphatic heterocycles.